The summed E-state index contributed by atoms with van der Waals surface area (Å²) >= 11 is 0. The van der Waals surface area contributed by atoms with Crippen LogP contribution in [0.25, 0.3) is 11.0 Å². The number of hydrogen-bond donors (Lipinski definition) is 2. The largest absolute Gasteiger partial charge is 0.324 e. The standard InChI is InChI=1S/C15H13FN4O/c16-11-7-4-10(5-8-11)6-9-14(21)17-12-2-1-3-13-15(12)19-20-18-13/h1-5,7-8H,6,9H2,(H,17,21)(H,18,19,20). The molecule has 2 N–H and O–H groups in total. The van der Waals surface area contributed by atoms with Gasteiger partial charge < -0.3 is 5.32 Å². The van der Waals surface area contributed by atoms with Crippen LogP contribution in [0.4, 0.5) is 10.1 Å². The zero-order valence-electron chi connectivity index (χ0n) is 11.1. The molecular formula is C15H13FN4O. The molecule has 2 aromatic carbocycles. The molecule has 0 aliphatic rings. The molecule has 0 saturated heterocycles. The van der Waals surface area contributed by atoms with Gasteiger partial charge >= 0.3 is 0 Å². The lowest BCUT2D eigenvalue weighted by Crippen LogP contribution is -2.12. The molecule has 1 aromatic heterocycles. The number of aromatic nitrogens is 3. The van der Waals surface area contributed by atoms with E-state index in [1.165, 1.54) is 12.1 Å². The molecule has 0 spiro atoms. The Bertz CT molecular complexity index is 767. The summed E-state index contributed by atoms with van der Waals surface area (Å²) < 4.78 is 12.8. The number of carbonyl (C=O) groups excluding carboxylic acids is 1. The third-order valence-electron chi connectivity index (χ3n) is 3.18. The molecule has 1 heterocycles. The molecule has 6 heteroatoms. The molecule has 5 nitrogen and oxygen atoms in total. The van der Waals surface area contributed by atoms with Crippen molar-refractivity contribution in [1.82, 2.24) is 15.4 Å². The summed E-state index contributed by atoms with van der Waals surface area (Å²) in [7, 11) is 0. The predicted octanol–water partition coefficient (Wildman–Crippen LogP) is 2.67. The van der Waals surface area contributed by atoms with E-state index in [1.54, 1.807) is 24.3 Å². The van der Waals surface area contributed by atoms with Gasteiger partial charge in [-0.05, 0) is 36.2 Å². The van der Waals surface area contributed by atoms with Gasteiger partial charge in [0, 0.05) is 6.42 Å². The summed E-state index contributed by atoms with van der Waals surface area (Å²) in [5.41, 5.74) is 2.88. The fourth-order valence-electron chi connectivity index (χ4n) is 2.09. The first kappa shape index (κ1) is 13.2. The highest BCUT2D eigenvalue weighted by Gasteiger charge is 2.08. The maximum atomic E-state index is 12.8. The second-order valence-electron chi connectivity index (χ2n) is 4.67. The van der Waals surface area contributed by atoms with E-state index in [2.05, 4.69) is 20.7 Å². The number of benzene rings is 2. The van der Waals surface area contributed by atoms with Gasteiger partial charge in [-0.2, -0.15) is 15.4 Å². The zero-order valence-corrected chi connectivity index (χ0v) is 11.1. The number of nitrogens with zero attached hydrogens (tertiary/aromatic N) is 2. The Kier molecular flexibility index (Phi) is 3.59. The third-order valence-corrected chi connectivity index (χ3v) is 3.18. The molecule has 106 valence electrons. The first-order valence-electron chi connectivity index (χ1n) is 6.56. The highest BCUT2D eigenvalue weighted by atomic mass is 19.1. The Balaban J connectivity index is 1.64. The van der Waals surface area contributed by atoms with Crippen molar-refractivity contribution < 1.29 is 9.18 Å². The van der Waals surface area contributed by atoms with Gasteiger partial charge in [0.2, 0.25) is 5.91 Å². The number of amides is 1. The molecule has 3 aromatic rings. The van der Waals surface area contributed by atoms with Gasteiger partial charge in [0.15, 0.2) is 0 Å². The maximum Gasteiger partial charge on any atom is 0.224 e. The molecule has 0 radical (unpaired) electrons. The van der Waals surface area contributed by atoms with Crippen LogP contribution in [0, 0.1) is 5.82 Å². The van der Waals surface area contributed by atoms with Crippen molar-refractivity contribution in [3.05, 3.63) is 53.8 Å². The molecular weight excluding hydrogens is 271 g/mol. The topological polar surface area (TPSA) is 70.7 Å². The normalized spacial score (nSPS) is 10.7. The third kappa shape index (κ3) is 3.05. The summed E-state index contributed by atoms with van der Waals surface area (Å²) in [6.07, 6.45) is 0.876. The lowest BCUT2D eigenvalue weighted by Gasteiger charge is -2.05. The fraction of sp³-hybridized carbons (Fsp3) is 0.133. The Morgan fingerprint density at radius 1 is 1.14 bits per heavy atom. The van der Waals surface area contributed by atoms with Crippen LogP contribution in [-0.2, 0) is 11.2 Å². The highest BCUT2D eigenvalue weighted by Crippen LogP contribution is 2.19. The molecule has 0 bridgehead atoms. The van der Waals surface area contributed by atoms with E-state index in [9.17, 15) is 9.18 Å². The predicted molar refractivity (Wildman–Crippen MR) is 77.2 cm³/mol. The number of rotatable bonds is 4. The minimum Gasteiger partial charge on any atom is -0.324 e. The van der Waals surface area contributed by atoms with Gasteiger partial charge in [0.25, 0.3) is 0 Å². The average molecular weight is 284 g/mol. The number of para-hydroxylation sites is 1. The molecule has 0 aliphatic heterocycles. The average Bonchev–Trinajstić information content (AvgIpc) is 2.96. The number of nitrogens with one attached hydrogen (secondary N) is 2. The lowest BCUT2D eigenvalue weighted by molar-refractivity contribution is -0.116. The van der Waals surface area contributed by atoms with Gasteiger partial charge in [-0.1, -0.05) is 18.2 Å². The second-order valence-corrected chi connectivity index (χ2v) is 4.67. The number of halogens is 1. The summed E-state index contributed by atoms with van der Waals surface area (Å²) in [4.78, 5) is 12.0. The first-order valence-corrected chi connectivity index (χ1v) is 6.56. The van der Waals surface area contributed by atoms with Crippen LogP contribution in [0.5, 0.6) is 0 Å². The summed E-state index contributed by atoms with van der Waals surface area (Å²) in [6.45, 7) is 0. The Morgan fingerprint density at radius 2 is 1.95 bits per heavy atom. The van der Waals surface area contributed by atoms with E-state index in [0.717, 1.165) is 5.56 Å². The van der Waals surface area contributed by atoms with E-state index in [-0.39, 0.29) is 11.7 Å². The van der Waals surface area contributed by atoms with Crippen LogP contribution in [0.2, 0.25) is 0 Å². The molecule has 0 atom stereocenters. The first-order chi connectivity index (χ1) is 10.2. The van der Waals surface area contributed by atoms with Gasteiger partial charge in [0.05, 0.1) is 5.69 Å². The molecule has 1 amide bonds. The smallest absolute Gasteiger partial charge is 0.224 e. The molecule has 0 aliphatic carbocycles. The highest BCUT2D eigenvalue weighted by molar-refractivity contribution is 5.99. The van der Waals surface area contributed by atoms with Crippen molar-refractivity contribution in [2.24, 2.45) is 0 Å². The Labute approximate surface area is 120 Å². The van der Waals surface area contributed by atoms with Crippen molar-refractivity contribution in [2.45, 2.75) is 12.8 Å². The van der Waals surface area contributed by atoms with Crippen LogP contribution < -0.4 is 5.32 Å². The molecule has 0 unspecified atom stereocenters. The Hall–Kier alpha value is -2.76. The van der Waals surface area contributed by atoms with Gasteiger partial charge in [-0.25, -0.2) is 4.39 Å². The number of hydrogen-bond acceptors (Lipinski definition) is 3. The van der Waals surface area contributed by atoms with Crippen LogP contribution in [-0.4, -0.2) is 21.3 Å². The number of H-pyrrole nitrogens is 1. The van der Waals surface area contributed by atoms with Crippen molar-refractivity contribution in [2.75, 3.05) is 5.32 Å². The fourth-order valence-corrected chi connectivity index (χ4v) is 2.09. The van der Waals surface area contributed by atoms with E-state index >= 15 is 0 Å². The van der Waals surface area contributed by atoms with E-state index < -0.39 is 0 Å². The number of aromatic amines is 1. The summed E-state index contributed by atoms with van der Waals surface area (Å²) in [5.74, 6) is -0.393. The van der Waals surface area contributed by atoms with Crippen molar-refractivity contribution in [1.29, 1.82) is 0 Å². The molecule has 3 rings (SSSR count). The number of anilines is 1. The number of fused-ring (bicyclic) bond motifs is 1. The Morgan fingerprint density at radius 3 is 2.76 bits per heavy atom. The minimum absolute atomic E-state index is 0.116. The summed E-state index contributed by atoms with van der Waals surface area (Å²) in [5, 5.41) is 13.3. The maximum absolute atomic E-state index is 12.8. The quantitative estimate of drug-likeness (QED) is 0.773. The summed E-state index contributed by atoms with van der Waals surface area (Å²) in [6, 6.07) is 11.5. The van der Waals surface area contributed by atoms with Crippen LogP contribution >= 0.6 is 0 Å². The SMILES string of the molecule is O=C(CCc1ccc(F)cc1)Nc1cccc2n[nH]nc12. The van der Waals surface area contributed by atoms with Crippen LogP contribution in [0.1, 0.15) is 12.0 Å². The minimum atomic E-state index is -0.277. The molecule has 0 fully saturated rings. The van der Waals surface area contributed by atoms with E-state index in [4.69, 9.17) is 0 Å². The second kappa shape index (κ2) is 5.70. The number of carbonyl (C=O) groups is 1. The zero-order chi connectivity index (χ0) is 14.7. The van der Waals surface area contributed by atoms with Crippen molar-refractivity contribution in [3.63, 3.8) is 0 Å². The molecule has 21 heavy (non-hydrogen) atoms. The molecule has 0 saturated carbocycles. The van der Waals surface area contributed by atoms with E-state index in [1.807, 2.05) is 6.07 Å². The van der Waals surface area contributed by atoms with Gasteiger partial charge in [0.1, 0.15) is 16.9 Å². The van der Waals surface area contributed by atoms with Crippen LogP contribution in [0.15, 0.2) is 42.5 Å². The van der Waals surface area contributed by atoms with Crippen LogP contribution in [0.3, 0.4) is 0 Å². The van der Waals surface area contributed by atoms with Crippen molar-refractivity contribution in [3.8, 4) is 0 Å². The monoisotopic (exact) mass is 284 g/mol. The van der Waals surface area contributed by atoms with Gasteiger partial charge in [-0.3, -0.25) is 4.79 Å². The van der Waals surface area contributed by atoms with E-state index in [0.29, 0.717) is 29.6 Å². The van der Waals surface area contributed by atoms with Crippen molar-refractivity contribution >= 4 is 22.6 Å². The van der Waals surface area contributed by atoms with Gasteiger partial charge in [-0.15, -0.1) is 0 Å². The lowest BCUT2D eigenvalue weighted by atomic mass is 10.1. The number of aryl methyl sites for hydroxylation is 1.